The van der Waals surface area contributed by atoms with Crippen LogP contribution in [0.4, 0.5) is 11.4 Å². The third-order valence-electron chi connectivity index (χ3n) is 2.86. The molecule has 3 heteroatoms. The average molecular weight is 221 g/mol. The molecule has 0 aliphatic carbocycles. The van der Waals surface area contributed by atoms with Gasteiger partial charge in [-0.1, -0.05) is 13.0 Å². The van der Waals surface area contributed by atoms with Crippen molar-refractivity contribution in [2.24, 2.45) is 0 Å². The zero-order valence-corrected chi connectivity index (χ0v) is 10.7. The van der Waals surface area contributed by atoms with Crippen molar-refractivity contribution in [2.75, 3.05) is 18.0 Å². The van der Waals surface area contributed by atoms with Crippen molar-refractivity contribution in [3.63, 3.8) is 0 Å². The molecule has 0 spiro atoms. The largest absolute Gasteiger partial charge is 0.397 e. The maximum absolute atomic E-state index is 5.80. The van der Waals surface area contributed by atoms with Crippen molar-refractivity contribution in [1.29, 1.82) is 0 Å². The summed E-state index contributed by atoms with van der Waals surface area (Å²) in [6, 6.07) is 5.88. The molecule has 1 aromatic rings. The van der Waals surface area contributed by atoms with Crippen molar-refractivity contribution in [3.05, 3.63) is 23.8 Å². The Morgan fingerprint density at radius 3 is 2.19 bits per heavy atom. The molecule has 0 aromatic heterocycles. The highest BCUT2D eigenvalue weighted by molar-refractivity contribution is 5.63. The van der Waals surface area contributed by atoms with E-state index in [2.05, 4.69) is 32.6 Å². The Balaban J connectivity index is 2.83. The topological polar surface area (TPSA) is 55.3 Å². The molecule has 0 aliphatic heterocycles. The molecular formula is C13H23N3. The normalized spacial score (nSPS) is 12.1. The second-order valence-electron chi connectivity index (χ2n) is 5.15. The van der Waals surface area contributed by atoms with Crippen LogP contribution >= 0.6 is 0 Å². The number of hydrogen-bond acceptors (Lipinski definition) is 3. The van der Waals surface area contributed by atoms with E-state index in [-0.39, 0.29) is 5.54 Å². The van der Waals surface area contributed by atoms with E-state index in [4.69, 9.17) is 11.5 Å². The fraction of sp³-hybridized carbons (Fsp3) is 0.538. The molecule has 1 rings (SSSR count). The minimum absolute atomic E-state index is 0.172. The summed E-state index contributed by atoms with van der Waals surface area (Å²) in [5, 5.41) is 0. The van der Waals surface area contributed by atoms with Gasteiger partial charge in [-0.3, -0.25) is 4.90 Å². The Labute approximate surface area is 98.4 Å². The molecule has 0 saturated carbocycles. The first kappa shape index (κ1) is 12.8. The van der Waals surface area contributed by atoms with Gasteiger partial charge in [0.1, 0.15) is 0 Å². The van der Waals surface area contributed by atoms with E-state index in [1.165, 1.54) is 5.56 Å². The lowest BCUT2D eigenvalue weighted by Crippen LogP contribution is -2.40. The van der Waals surface area contributed by atoms with E-state index in [0.29, 0.717) is 11.4 Å². The van der Waals surface area contributed by atoms with E-state index in [9.17, 15) is 0 Å². The predicted octanol–water partition coefficient (Wildman–Crippen LogP) is 2.47. The van der Waals surface area contributed by atoms with Crippen molar-refractivity contribution in [1.82, 2.24) is 4.90 Å². The van der Waals surface area contributed by atoms with Gasteiger partial charge >= 0.3 is 0 Å². The Morgan fingerprint density at radius 2 is 1.75 bits per heavy atom. The first-order valence-corrected chi connectivity index (χ1v) is 5.73. The highest BCUT2D eigenvalue weighted by atomic mass is 15.2. The second kappa shape index (κ2) is 4.74. The van der Waals surface area contributed by atoms with Gasteiger partial charge in [0.2, 0.25) is 0 Å². The van der Waals surface area contributed by atoms with Gasteiger partial charge in [0.05, 0.1) is 11.4 Å². The first-order valence-electron chi connectivity index (χ1n) is 5.73. The molecule has 0 aliphatic rings. The molecule has 90 valence electrons. The summed E-state index contributed by atoms with van der Waals surface area (Å²) in [4.78, 5) is 2.40. The van der Waals surface area contributed by atoms with Crippen LogP contribution < -0.4 is 11.5 Å². The van der Waals surface area contributed by atoms with Gasteiger partial charge < -0.3 is 11.5 Å². The van der Waals surface area contributed by atoms with E-state index in [1.807, 2.05) is 18.2 Å². The molecule has 0 fully saturated rings. The molecule has 0 heterocycles. The molecule has 0 unspecified atom stereocenters. The highest BCUT2D eigenvalue weighted by Crippen LogP contribution is 2.20. The summed E-state index contributed by atoms with van der Waals surface area (Å²) in [6.07, 6.45) is 0. The number of hydrogen-bond donors (Lipinski definition) is 2. The van der Waals surface area contributed by atoms with E-state index >= 15 is 0 Å². The van der Waals surface area contributed by atoms with Crippen LogP contribution in [0.15, 0.2) is 18.2 Å². The summed E-state index contributed by atoms with van der Waals surface area (Å²) >= 11 is 0. The van der Waals surface area contributed by atoms with Gasteiger partial charge in [0.25, 0.3) is 0 Å². The first-order chi connectivity index (χ1) is 7.34. The molecule has 0 atom stereocenters. The van der Waals surface area contributed by atoms with Gasteiger partial charge in [-0.25, -0.2) is 0 Å². The van der Waals surface area contributed by atoms with Crippen LogP contribution in [-0.2, 0) is 6.54 Å². The predicted molar refractivity (Wildman–Crippen MR) is 71.1 cm³/mol. The fourth-order valence-electron chi connectivity index (χ4n) is 1.77. The Bertz CT molecular complexity index is 353. The van der Waals surface area contributed by atoms with E-state index in [1.54, 1.807) is 0 Å². The number of rotatable bonds is 3. The zero-order chi connectivity index (χ0) is 12.3. The lowest BCUT2D eigenvalue weighted by Gasteiger charge is -2.34. The number of benzene rings is 1. The molecule has 4 N–H and O–H groups in total. The van der Waals surface area contributed by atoms with Crippen LogP contribution in [0, 0.1) is 0 Å². The van der Waals surface area contributed by atoms with Crippen LogP contribution in [-0.4, -0.2) is 17.0 Å². The van der Waals surface area contributed by atoms with Gasteiger partial charge in [0.15, 0.2) is 0 Å². The zero-order valence-electron chi connectivity index (χ0n) is 10.7. The number of nitrogens with two attached hydrogens (primary N) is 2. The fourth-order valence-corrected chi connectivity index (χ4v) is 1.77. The van der Waals surface area contributed by atoms with Gasteiger partial charge in [-0.05, 0) is 45.0 Å². The SMILES string of the molecule is CCN(Cc1ccc(N)c(N)c1)C(C)(C)C. The van der Waals surface area contributed by atoms with Crippen LogP contribution in [0.5, 0.6) is 0 Å². The van der Waals surface area contributed by atoms with E-state index in [0.717, 1.165) is 13.1 Å². The minimum Gasteiger partial charge on any atom is -0.397 e. The van der Waals surface area contributed by atoms with Crippen molar-refractivity contribution in [2.45, 2.75) is 39.8 Å². The van der Waals surface area contributed by atoms with Crippen molar-refractivity contribution >= 4 is 11.4 Å². The maximum Gasteiger partial charge on any atom is 0.0551 e. The van der Waals surface area contributed by atoms with Crippen LogP contribution in [0.2, 0.25) is 0 Å². The summed E-state index contributed by atoms with van der Waals surface area (Å²) in [5.41, 5.74) is 14.2. The van der Waals surface area contributed by atoms with Crippen molar-refractivity contribution in [3.8, 4) is 0 Å². The third kappa shape index (κ3) is 3.14. The third-order valence-corrected chi connectivity index (χ3v) is 2.86. The van der Waals surface area contributed by atoms with Crippen LogP contribution in [0.1, 0.15) is 33.3 Å². The van der Waals surface area contributed by atoms with Crippen molar-refractivity contribution < 1.29 is 0 Å². The molecule has 0 bridgehead atoms. The minimum atomic E-state index is 0.172. The standard InChI is InChI=1S/C13H23N3/c1-5-16(13(2,3)4)9-10-6-7-11(14)12(15)8-10/h6-8H,5,9,14-15H2,1-4H3. The van der Waals surface area contributed by atoms with Crippen LogP contribution in [0.3, 0.4) is 0 Å². The lowest BCUT2D eigenvalue weighted by molar-refractivity contribution is 0.136. The molecule has 1 aromatic carbocycles. The number of nitrogen functional groups attached to an aromatic ring is 2. The van der Waals surface area contributed by atoms with Crippen LogP contribution in [0.25, 0.3) is 0 Å². The molecule has 0 amide bonds. The summed E-state index contributed by atoms with van der Waals surface area (Å²) < 4.78 is 0. The second-order valence-corrected chi connectivity index (χ2v) is 5.15. The molecule has 0 radical (unpaired) electrons. The molecular weight excluding hydrogens is 198 g/mol. The Kier molecular flexibility index (Phi) is 3.81. The number of nitrogens with zero attached hydrogens (tertiary/aromatic N) is 1. The average Bonchev–Trinajstić information content (AvgIpc) is 2.18. The van der Waals surface area contributed by atoms with Gasteiger partial charge in [0, 0.05) is 12.1 Å². The van der Waals surface area contributed by atoms with Gasteiger partial charge in [-0.15, -0.1) is 0 Å². The number of anilines is 2. The molecule has 16 heavy (non-hydrogen) atoms. The van der Waals surface area contributed by atoms with Gasteiger partial charge in [-0.2, -0.15) is 0 Å². The Hall–Kier alpha value is -1.22. The molecule has 3 nitrogen and oxygen atoms in total. The smallest absolute Gasteiger partial charge is 0.0551 e. The Morgan fingerprint density at radius 1 is 1.12 bits per heavy atom. The maximum atomic E-state index is 5.80. The summed E-state index contributed by atoms with van der Waals surface area (Å²) in [6.45, 7) is 10.8. The van der Waals surface area contributed by atoms with E-state index < -0.39 is 0 Å². The summed E-state index contributed by atoms with van der Waals surface area (Å²) in [5.74, 6) is 0. The lowest BCUT2D eigenvalue weighted by atomic mass is 10.0. The quantitative estimate of drug-likeness (QED) is 0.771. The monoisotopic (exact) mass is 221 g/mol. The summed E-state index contributed by atoms with van der Waals surface area (Å²) in [7, 11) is 0. The highest BCUT2D eigenvalue weighted by Gasteiger charge is 2.19. The molecule has 0 saturated heterocycles.